The third-order valence-electron chi connectivity index (χ3n) is 2.00. The van der Waals surface area contributed by atoms with Gasteiger partial charge < -0.3 is 15.9 Å². The van der Waals surface area contributed by atoms with Crippen molar-refractivity contribution in [3.63, 3.8) is 0 Å². The molecule has 4 N–H and O–H groups in total. The lowest BCUT2D eigenvalue weighted by Gasteiger charge is -2.06. The molecule has 86 valence electrons. The number of aliphatic hydroxyl groups excluding tert-OH is 2. The van der Waals surface area contributed by atoms with Gasteiger partial charge in [0.2, 0.25) is 0 Å². The van der Waals surface area contributed by atoms with E-state index in [0.29, 0.717) is 5.56 Å². The van der Waals surface area contributed by atoms with Gasteiger partial charge in [0.25, 0.3) is 5.69 Å². The molecule has 0 aliphatic heterocycles. The largest absolute Gasteiger partial charge is 0.511 e. The maximum absolute atomic E-state index is 10.4. The van der Waals surface area contributed by atoms with Crippen LogP contribution in [-0.4, -0.2) is 27.8 Å². The van der Waals surface area contributed by atoms with Crippen LogP contribution >= 0.6 is 0 Å². The lowest BCUT2D eigenvalue weighted by molar-refractivity contribution is -0.384. The summed E-state index contributed by atoms with van der Waals surface area (Å²) < 4.78 is 0. The van der Waals surface area contributed by atoms with Crippen molar-refractivity contribution in [1.29, 1.82) is 0 Å². The van der Waals surface area contributed by atoms with E-state index in [1.54, 1.807) is 0 Å². The van der Waals surface area contributed by atoms with Crippen molar-refractivity contribution in [2.24, 2.45) is 5.73 Å². The number of hydrogen-bond acceptors (Lipinski definition) is 5. The van der Waals surface area contributed by atoms with Crippen LogP contribution in [0, 0.1) is 10.1 Å². The topological polar surface area (TPSA) is 110 Å². The fourth-order valence-electron chi connectivity index (χ4n) is 1.06. The minimum Gasteiger partial charge on any atom is -0.511 e. The normalized spacial score (nSPS) is 13.5. The molecule has 1 aromatic carbocycles. The van der Waals surface area contributed by atoms with Crippen LogP contribution in [-0.2, 0) is 0 Å². The van der Waals surface area contributed by atoms with E-state index < -0.39 is 11.0 Å². The average molecular weight is 224 g/mol. The summed E-state index contributed by atoms with van der Waals surface area (Å²) in [5.74, 6) is -0.170. The number of nitro benzene ring substituents is 1. The van der Waals surface area contributed by atoms with Crippen LogP contribution < -0.4 is 5.73 Å². The number of rotatable bonds is 4. The zero-order valence-electron chi connectivity index (χ0n) is 8.41. The van der Waals surface area contributed by atoms with Crippen molar-refractivity contribution in [3.8, 4) is 0 Å². The molecule has 0 spiro atoms. The quantitative estimate of drug-likeness (QED) is 0.398. The zero-order chi connectivity index (χ0) is 12.1. The first-order valence-corrected chi connectivity index (χ1v) is 4.56. The lowest BCUT2D eigenvalue weighted by atomic mass is 10.1. The van der Waals surface area contributed by atoms with Gasteiger partial charge in [-0.1, -0.05) is 0 Å². The molecule has 0 saturated carbocycles. The summed E-state index contributed by atoms with van der Waals surface area (Å²) in [6.07, 6.45) is 1.35. The fraction of sp³-hybridized carbons (Fsp3) is 0.200. The number of nitrogens with zero attached hydrogens (tertiary/aromatic N) is 1. The van der Waals surface area contributed by atoms with Crippen LogP contribution in [0.15, 0.2) is 30.0 Å². The molecule has 0 heterocycles. The highest BCUT2D eigenvalue weighted by Crippen LogP contribution is 2.14. The van der Waals surface area contributed by atoms with Crippen molar-refractivity contribution < 1.29 is 15.1 Å². The van der Waals surface area contributed by atoms with Crippen molar-refractivity contribution in [2.45, 2.75) is 6.04 Å². The summed E-state index contributed by atoms with van der Waals surface area (Å²) in [5.41, 5.74) is 5.92. The Morgan fingerprint density at radius 3 is 2.50 bits per heavy atom. The first-order chi connectivity index (χ1) is 7.54. The van der Waals surface area contributed by atoms with Gasteiger partial charge in [0.1, 0.15) is 5.76 Å². The fourth-order valence-corrected chi connectivity index (χ4v) is 1.06. The van der Waals surface area contributed by atoms with E-state index in [0.717, 1.165) is 0 Å². The Labute approximate surface area is 91.8 Å². The molecular weight excluding hydrogens is 212 g/mol. The minimum absolute atomic E-state index is 0.0249. The second-order valence-corrected chi connectivity index (χ2v) is 3.21. The second-order valence-electron chi connectivity index (χ2n) is 3.21. The Kier molecular flexibility index (Phi) is 3.98. The molecular formula is C10H12N2O4. The van der Waals surface area contributed by atoms with E-state index >= 15 is 0 Å². The van der Waals surface area contributed by atoms with Gasteiger partial charge in [-0.05, 0) is 23.8 Å². The van der Waals surface area contributed by atoms with Crippen molar-refractivity contribution >= 4 is 11.8 Å². The molecule has 1 aromatic rings. The van der Waals surface area contributed by atoms with Gasteiger partial charge in [0.05, 0.1) is 17.6 Å². The van der Waals surface area contributed by atoms with Gasteiger partial charge >= 0.3 is 0 Å². The maximum atomic E-state index is 10.4. The molecule has 0 radical (unpaired) electrons. The molecule has 0 bridgehead atoms. The molecule has 0 unspecified atom stereocenters. The van der Waals surface area contributed by atoms with Crippen molar-refractivity contribution in [1.82, 2.24) is 0 Å². The molecule has 0 saturated heterocycles. The zero-order valence-corrected chi connectivity index (χ0v) is 8.41. The van der Waals surface area contributed by atoms with Gasteiger partial charge in [0.15, 0.2) is 0 Å². The molecule has 0 aliphatic rings. The minimum atomic E-state index is -0.838. The van der Waals surface area contributed by atoms with Gasteiger partial charge in [-0.3, -0.25) is 10.1 Å². The summed E-state index contributed by atoms with van der Waals surface area (Å²) in [7, 11) is 0. The Morgan fingerprint density at radius 2 is 2.06 bits per heavy atom. The highest BCUT2D eigenvalue weighted by molar-refractivity contribution is 5.54. The van der Waals surface area contributed by atoms with Crippen LogP contribution in [0.3, 0.4) is 0 Å². The summed E-state index contributed by atoms with van der Waals surface area (Å²) in [6.45, 7) is -0.366. The molecule has 1 rings (SSSR count). The van der Waals surface area contributed by atoms with Gasteiger partial charge in [-0.2, -0.15) is 0 Å². The smallest absolute Gasteiger partial charge is 0.269 e. The van der Waals surface area contributed by atoms with Crippen LogP contribution in [0.2, 0.25) is 0 Å². The van der Waals surface area contributed by atoms with E-state index in [4.69, 9.17) is 10.8 Å². The number of aliphatic hydroxyl groups is 2. The lowest BCUT2D eigenvalue weighted by Crippen LogP contribution is -2.26. The predicted molar refractivity (Wildman–Crippen MR) is 58.8 cm³/mol. The monoisotopic (exact) mass is 224 g/mol. The summed E-state index contributed by atoms with van der Waals surface area (Å²) in [6, 6.07) is 4.78. The molecule has 0 aromatic heterocycles. The first-order valence-electron chi connectivity index (χ1n) is 4.56. The molecule has 6 heteroatoms. The Bertz CT molecular complexity index is 400. The SMILES string of the molecule is N[C@H](CO)C(O)=Cc1ccc([N+](=O)[O-])cc1. The van der Waals surface area contributed by atoms with E-state index in [-0.39, 0.29) is 18.1 Å². The van der Waals surface area contributed by atoms with Crippen molar-refractivity contribution in [3.05, 3.63) is 45.7 Å². The summed E-state index contributed by atoms with van der Waals surface area (Å²) >= 11 is 0. The molecule has 0 amide bonds. The average Bonchev–Trinajstić information content (AvgIpc) is 2.28. The number of benzene rings is 1. The summed E-state index contributed by atoms with van der Waals surface area (Å²) in [4.78, 5) is 9.87. The van der Waals surface area contributed by atoms with Gasteiger partial charge in [-0.25, -0.2) is 0 Å². The van der Waals surface area contributed by atoms with Crippen LogP contribution in [0.25, 0.3) is 6.08 Å². The highest BCUT2D eigenvalue weighted by Gasteiger charge is 2.07. The van der Waals surface area contributed by atoms with Crippen LogP contribution in [0.5, 0.6) is 0 Å². The van der Waals surface area contributed by atoms with E-state index in [9.17, 15) is 15.2 Å². The number of non-ortho nitro benzene ring substituents is 1. The third-order valence-corrected chi connectivity index (χ3v) is 2.00. The summed E-state index contributed by atoms with van der Waals surface area (Å²) in [5, 5.41) is 28.5. The molecule has 0 aliphatic carbocycles. The first kappa shape index (κ1) is 12.2. The molecule has 16 heavy (non-hydrogen) atoms. The highest BCUT2D eigenvalue weighted by atomic mass is 16.6. The van der Waals surface area contributed by atoms with Gasteiger partial charge in [-0.15, -0.1) is 0 Å². The number of nitrogens with two attached hydrogens (primary N) is 1. The number of hydrogen-bond donors (Lipinski definition) is 3. The van der Waals surface area contributed by atoms with Crippen LogP contribution in [0.1, 0.15) is 5.56 Å². The molecule has 1 atom stereocenters. The van der Waals surface area contributed by atoms with E-state index in [2.05, 4.69) is 0 Å². The Morgan fingerprint density at radius 1 is 1.50 bits per heavy atom. The Hall–Kier alpha value is -1.92. The number of nitro groups is 1. The standard InChI is InChI=1S/C10H12N2O4/c11-9(6-13)10(14)5-7-1-3-8(4-2-7)12(15)16/h1-5,9,13-14H,6,11H2/t9-/m1/s1. The van der Waals surface area contributed by atoms with Crippen LogP contribution in [0.4, 0.5) is 5.69 Å². The maximum Gasteiger partial charge on any atom is 0.269 e. The van der Waals surface area contributed by atoms with Crippen molar-refractivity contribution in [2.75, 3.05) is 6.61 Å². The van der Waals surface area contributed by atoms with Gasteiger partial charge in [0, 0.05) is 12.1 Å². The molecule has 0 fully saturated rings. The molecule has 6 nitrogen and oxygen atoms in total. The predicted octanol–water partition coefficient (Wildman–Crippen LogP) is 0.813. The van der Waals surface area contributed by atoms with E-state index in [1.807, 2.05) is 0 Å². The second kappa shape index (κ2) is 5.24. The Balaban J connectivity index is 2.86. The third kappa shape index (κ3) is 3.04. The van der Waals surface area contributed by atoms with E-state index in [1.165, 1.54) is 30.3 Å².